The zero-order valence-electron chi connectivity index (χ0n) is 16.1. The maximum atomic E-state index is 13.0. The molecule has 146 valence electrons. The summed E-state index contributed by atoms with van der Waals surface area (Å²) in [5, 5.41) is 2.31. The minimum atomic E-state index is 0.00234. The van der Waals surface area contributed by atoms with Crippen LogP contribution >= 0.6 is 23.2 Å². The summed E-state index contributed by atoms with van der Waals surface area (Å²) >= 11 is 12.7. The van der Waals surface area contributed by atoms with Gasteiger partial charge in [0.1, 0.15) is 0 Å². The number of nitrogens with one attached hydrogen (secondary N) is 1. The van der Waals surface area contributed by atoms with Gasteiger partial charge in [-0.3, -0.25) is 9.69 Å². The van der Waals surface area contributed by atoms with Gasteiger partial charge < -0.3 is 9.88 Å². The lowest BCUT2D eigenvalue weighted by molar-refractivity contribution is 0.0628. The molecule has 28 heavy (non-hydrogen) atoms. The van der Waals surface area contributed by atoms with Crippen LogP contribution in [0.25, 0.3) is 10.9 Å². The number of piperazine rings is 1. The van der Waals surface area contributed by atoms with Gasteiger partial charge in [0, 0.05) is 54.8 Å². The van der Waals surface area contributed by atoms with Gasteiger partial charge in [0.25, 0.3) is 5.91 Å². The summed E-state index contributed by atoms with van der Waals surface area (Å²) < 4.78 is 0. The molecule has 0 atom stereocenters. The summed E-state index contributed by atoms with van der Waals surface area (Å²) in [5.74, 6) is 0.00234. The monoisotopic (exact) mass is 415 g/mol. The fraction of sp³-hybridized carbons (Fsp3) is 0.318. The number of hydrogen-bond donors (Lipinski definition) is 1. The van der Waals surface area contributed by atoms with Gasteiger partial charge in [0.15, 0.2) is 0 Å². The Morgan fingerprint density at radius 2 is 1.79 bits per heavy atom. The molecule has 1 amide bonds. The van der Waals surface area contributed by atoms with Crippen LogP contribution in [0.2, 0.25) is 10.0 Å². The van der Waals surface area contributed by atoms with E-state index in [-0.39, 0.29) is 5.91 Å². The van der Waals surface area contributed by atoms with E-state index in [9.17, 15) is 4.79 Å². The van der Waals surface area contributed by atoms with Crippen molar-refractivity contribution in [3.63, 3.8) is 0 Å². The molecule has 1 fully saturated rings. The van der Waals surface area contributed by atoms with Crippen LogP contribution in [0.5, 0.6) is 0 Å². The fourth-order valence-corrected chi connectivity index (χ4v) is 4.35. The lowest BCUT2D eigenvalue weighted by Crippen LogP contribution is -2.48. The number of fused-ring (bicyclic) bond motifs is 1. The smallest absolute Gasteiger partial charge is 0.255 e. The molecule has 0 radical (unpaired) electrons. The first-order chi connectivity index (χ1) is 13.4. The van der Waals surface area contributed by atoms with E-state index in [0.29, 0.717) is 23.7 Å². The Bertz CT molecular complexity index is 1040. The molecule has 1 aromatic heterocycles. The topological polar surface area (TPSA) is 39.3 Å². The molecule has 2 aromatic carbocycles. The molecule has 0 spiro atoms. The molecule has 0 saturated carbocycles. The van der Waals surface area contributed by atoms with E-state index in [0.717, 1.165) is 41.1 Å². The van der Waals surface area contributed by atoms with Crippen LogP contribution in [0.3, 0.4) is 0 Å². The first-order valence-corrected chi connectivity index (χ1v) is 10.2. The van der Waals surface area contributed by atoms with Crippen molar-refractivity contribution < 1.29 is 4.79 Å². The normalized spacial score (nSPS) is 15.4. The Kier molecular flexibility index (Phi) is 5.37. The fourth-order valence-electron chi connectivity index (χ4n) is 3.81. The summed E-state index contributed by atoms with van der Waals surface area (Å²) in [6, 6.07) is 9.86. The molecule has 3 aromatic rings. The van der Waals surface area contributed by atoms with Gasteiger partial charge in [-0.2, -0.15) is 0 Å². The van der Waals surface area contributed by atoms with Crippen LogP contribution in [0.15, 0.2) is 36.5 Å². The van der Waals surface area contributed by atoms with Crippen LogP contribution in [-0.4, -0.2) is 46.9 Å². The molecule has 2 heterocycles. The number of amides is 1. The zero-order chi connectivity index (χ0) is 19.8. The van der Waals surface area contributed by atoms with Gasteiger partial charge in [0.2, 0.25) is 0 Å². The minimum absolute atomic E-state index is 0.00234. The zero-order valence-corrected chi connectivity index (χ0v) is 17.6. The number of aryl methyl sites for hydroxylation is 1. The summed E-state index contributed by atoms with van der Waals surface area (Å²) in [5.41, 5.74) is 5.08. The molecule has 6 heteroatoms. The van der Waals surface area contributed by atoms with E-state index in [4.69, 9.17) is 23.2 Å². The average Bonchev–Trinajstić information content (AvgIpc) is 3.12. The maximum absolute atomic E-state index is 13.0. The molecular formula is C22H23Cl2N3O. The van der Waals surface area contributed by atoms with Crippen LogP contribution in [0.1, 0.15) is 27.0 Å². The lowest BCUT2D eigenvalue weighted by atomic mass is 10.0. The summed E-state index contributed by atoms with van der Waals surface area (Å²) in [4.78, 5) is 20.4. The predicted molar refractivity (Wildman–Crippen MR) is 115 cm³/mol. The highest BCUT2D eigenvalue weighted by molar-refractivity contribution is 6.34. The predicted octanol–water partition coefficient (Wildman–Crippen LogP) is 5.05. The third-order valence-electron chi connectivity index (χ3n) is 5.52. The molecule has 4 rings (SSSR count). The van der Waals surface area contributed by atoms with Crippen molar-refractivity contribution in [1.29, 1.82) is 0 Å². The van der Waals surface area contributed by atoms with E-state index < -0.39 is 0 Å². The SMILES string of the molecule is Cc1cc(Cl)c(C)c(CN2CCN(C(=O)c3cc4cc[nH]c4cc3Cl)CC2)c1. The van der Waals surface area contributed by atoms with Crippen LogP contribution in [0.4, 0.5) is 0 Å². The summed E-state index contributed by atoms with van der Waals surface area (Å²) in [6.07, 6.45) is 1.85. The largest absolute Gasteiger partial charge is 0.361 e. The average molecular weight is 416 g/mol. The van der Waals surface area contributed by atoms with Crippen molar-refractivity contribution in [2.45, 2.75) is 20.4 Å². The number of carbonyl (C=O) groups is 1. The van der Waals surface area contributed by atoms with E-state index in [1.807, 2.05) is 35.4 Å². The second kappa shape index (κ2) is 7.78. The third-order valence-corrected chi connectivity index (χ3v) is 6.23. The number of nitrogens with zero attached hydrogens (tertiary/aromatic N) is 2. The highest BCUT2D eigenvalue weighted by Crippen LogP contribution is 2.26. The summed E-state index contributed by atoms with van der Waals surface area (Å²) in [6.45, 7) is 8.04. The molecule has 0 bridgehead atoms. The molecule has 1 N–H and O–H groups in total. The molecule has 1 aliphatic heterocycles. The number of hydrogen-bond acceptors (Lipinski definition) is 2. The van der Waals surface area contributed by atoms with Gasteiger partial charge in [-0.15, -0.1) is 0 Å². The Morgan fingerprint density at radius 1 is 1.04 bits per heavy atom. The van der Waals surface area contributed by atoms with Crippen LogP contribution in [0, 0.1) is 13.8 Å². The van der Waals surface area contributed by atoms with Crippen molar-refractivity contribution >= 4 is 40.0 Å². The standard InChI is InChI=1S/C22H23Cl2N3O/c1-14-9-17(15(2)19(23)10-14)13-26-5-7-27(8-6-26)22(28)18-11-16-3-4-25-21(16)12-20(18)24/h3-4,9-12,25H,5-8,13H2,1-2H3. The van der Waals surface area contributed by atoms with Crippen LogP contribution in [-0.2, 0) is 6.54 Å². The molecule has 1 aliphatic rings. The first-order valence-electron chi connectivity index (χ1n) is 9.46. The second-order valence-electron chi connectivity index (χ2n) is 7.50. The highest BCUT2D eigenvalue weighted by Gasteiger charge is 2.24. The quantitative estimate of drug-likeness (QED) is 0.649. The Labute approximate surface area is 175 Å². The number of H-pyrrole nitrogens is 1. The number of halogens is 2. The summed E-state index contributed by atoms with van der Waals surface area (Å²) in [7, 11) is 0. The second-order valence-corrected chi connectivity index (χ2v) is 8.31. The lowest BCUT2D eigenvalue weighted by Gasteiger charge is -2.35. The number of rotatable bonds is 3. The molecule has 0 unspecified atom stereocenters. The number of aromatic amines is 1. The van der Waals surface area contributed by atoms with Crippen molar-refractivity contribution in [2.75, 3.05) is 26.2 Å². The van der Waals surface area contributed by atoms with Crippen molar-refractivity contribution in [3.05, 3.63) is 68.8 Å². The van der Waals surface area contributed by atoms with Gasteiger partial charge >= 0.3 is 0 Å². The van der Waals surface area contributed by atoms with Gasteiger partial charge in [-0.1, -0.05) is 29.3 Å². The van der Waals surface area contributed by atoms with Crippen molar-refractivity contribution in [2.24, 2.45) is 0 Å². The minimum Gasteiger partial charge on any atom is -0.361 e. The number of aromatic nitrogens is 1. The maximum Gasteiger partial charge on any atom is 0.255 e. The molecular weight excluding hydrogens is 393 g/mol. The Hall–Kier alpha value is -2.01. The Balaban J connectivity index is 1.43. The molecule has 0 aliphatic carbocycles. The van der Waals surface area contributed by atoms with Crippen molar-refractivity contribution in [1.82, 2.24) is 14.8 Å². The van der Waals surface area contributed by atoms with Gasteiger partial charge in [0.05, 0.1) is 10.6 Å². The van der Waals surface area contributed by atoms with Crippen LogP contribution < -0.4 is 0 Å². The van der Waals surface area contributed by atoms with E-state index in [1.54, 1.807) is 0 Å². The molecule has 4 nitrogen and oxygen atoms in total. The number of carbonyl (C=O) groups excluding carboxylic acids is 1. The van der Waals surface area contributed by atoms with E-state index >= 15 is 0 Å². The van der Waals surface area contributed by atoms with Crippen molar-refractivity contribution in [3.8, 4) is 0 Å². The van der Waals surface area contributed by atoms with E-state index in [2.05, 4.69) is 29.8 Å². The molecule has 1 saturated heterocycles. The highest BCUT2D eigenvalue weighted by atomic mass is 35.5. The first kappa shape index (κ1) is 19.3. The van der Waals surface area contributed by atoms with Gasteiger partial charge in [-0.05, 0) is 54.8 Å². The van der Waals surface area contributed by atoms with Gasteiger partial charge in [-0.25, -0.2) is 0 Å². The number of benzene rings is 2. The Morgan fingerprint density at radius 3 is 2.54 bits per heavy atom. The van der Waals surface area contributed by atoms with E-state index in [1.165, 1.54) is 11.1 Å². The third kappa shape index (κ3) is 3.77.